The first-order valence-corrected chi connectivity index (χ1v) is 29.0. The number of allylic oxidation sites excluding steroid dienone is 3. The van der Waals surface area contributed by atoms with Crippen molar-refractivity contribution >= 4 is 62.8 Å². The molecule has 0 saturated carbocycles. The minimum atomic E-state index is -0.815. The van der Waals surface area contributed by atoms with E-state index >= 15 is 0 Å². The Morgan fingerprint density at radius 2 is 1.11 bits per heavy atom. The maximum atomic E-state index is 7.48. The number of para-hydroxylation sites is 1. The molecule has 0 saturated heterocycles. The van der Waals surface area contributed by atoms with Crippen LogP contribution in [0.2, 0.25) is 0 Å². The SMILES string of the molecule is C=N/C(=C(\C=C(C)C)c1ccc(C)cc1)N(c1ccc(C(C)(C)C)cc1)c1cc2c(c3oc4ccccc4c13)-c1ccc(N(c3ccc(C(C)(C)C)cc3)c3ncc(C)cc3-c3ccc(C)cc3)cc1C21c2ccccc2-c2ccccc21. The second-order valence-electron chi connectivity index (χ2n) is 25.2. The molecule has 0 aliphatic heterocycles. The molecule has 0 radical (unpaired) electrons. The smallest absolute Gasteiger partial charge is 0.145 e. The summed E-state index contributed by atoms with van der Waals surface area (Å²) in [5.74, 6) is 1.57. The molecule has 2 aliphatic rings. The summed E-state index contributed by atoms with van der Waals surface area (Å²) < 4.78 is 7.48. The van der Waals surface area contributed by atoms with Crippen molar-refractivity contribution in [2.24, 2.45) is 4.99 Å². The summed E-state index contributed by atoms with van der Waals surface area (Å²) in [7, 11) is 0. The number of furan rings is 1. The molecule has 0 atom stereocenters. The summed E-state index contributed by atoms with van der Waals surface area (Å²) in [6.45, 7) is 28.8. The normalized spacial score (nSPS) is 13.3. The van der Waals surface area contributed by atoms with Crippen LogP contribution < -0.4 is 9.80 Å². The largest absolute Gasteiger partial charge is 0.455 e. The van der Waals surface area contributed by atoms with E-state index in [4.69, 9.17) is 14.4 Å². The van der Waals surface area contributed by atoms with Gasteiger partial charge in [0.1, 0.15) is 22.8 Å². The molecule has 9 aromatic carbocycles. The molecule has 2 aromatic heterocycles. The molecular formula is C78H70N4O. The Morgan fingerprint density at radius 3 is 1.71 bits per heavy atom. The van der Waals surface area contributed by atoms with Gasteiger partial charge >= 0.3 is 0 Å². The number of hydrogen-bond donors (Lipinski definition) is 0. The quantitative estimate of drug-likeness (QED) is 0.101. The van der Waals surface area contributed by atoms with Crippen molar-refractivity contribution in [2.75, 3.05) is 9.80 Å². The Labute approximate surface area is 489 Å². The maximum absolute atomic E-state index is 7.48. The lowest BCUT2D eigenvalue weighted by atomic mass is 9.70. The summed E-state index contributed by atoms with van der Waals surface area (Å²) in [5.41, 5.74) is 25.3. The molecule has 408 valence electrons. The third kappa shape index (κ3) is 8.75. The lowest BCUT2D eigenvalue weighted by Crippen LogP contribution is -2.27. The van der Waals surface area contributed by atoms with E-state index in [0.29, 0.717) is 5.82 Å². The highest BCUT2D eigenvalue weighted by Crippen LogP contribution is 2.66. The van der Waals surface area contributed by atoms with Crippen molar-refractivity contribution in [1.82, 2.24) is 4.98 Å². The molecule has 2 aliphatic carbocycles. The van der Waals surface area contributed by atoms with Gasteiger partial charge in [0.15, 0.2) is 0 Å². The minimum Gasteiger partial charge on any atom is -0.455 e. The number of aromatic nitrogens is 1. The molecule has 1 spiro atoms. The fraction of sp³-hybridized carbons (Fsp3) is 0.179. The molecular weight excluding hydrogens is 1010 g/mol. The van der Waals surface area contributed by atoms with Crippen LogP contribution in [0.4, 0.5) is 28.6 Å². The zero-order valence-electron chi connectivity index (χ0n) is 49.6. The van der Waals surface area contributed by atoms with Crippen LogP contribution in [0.1, 0.15) is 111 Å². The van der Waals surface area contributed by atoms with Gasteiger partial charge in [-0.05, 0) is 174 Å². The van der Waals surface area contributed by atoms with Gasteiger partial charge in [-0.3, -0.25) is 9.80 Å². The second-order valence-corrected chi connectivity index (χ2v) is 25.2. The first kappa shape index (κ1) is 53.0. The van der Waals surface area contributed by atoms with E-state index in [9.17, 15) is 0 Å². The van der Waals surface area contributed by atoms with E-state index in [2.05, 4.69) is 299 Å². The van der Waals surface area contributed by atoms with E-state index in [1.807, 2.05) is 6.20 Å². The van der Waals surface area contributed by atoms with Crippen molar-refractivity contribution < 1.29 is 4.42 Å². The van der Waals surface area contributed by atoms with Crippen LogP contribution >= 0.6 is 0 Å². The highest BCUT2D eigenvalue weighted by atomic mass is 16.3. The molecule has 0 amide bonds. The van der Waals surface area contributed by atoms with E-state index in [-0.39, 0.29) is 10.8 Å². The van der Waals surface area contributed by atoms with E-state index in [1.54, 1.807) is 0 Å². The number of nitrogens with zero attached hydrogens (tertiary/aromatic N) is 4. The molecule has 0 N–H and O–H groups in total. The Morgan fingerprint density at radius 1 is 0.542 bits per heavy atom. The summed E-state index contributed by atoms with van der Waals surface area (Å²) >= 11 is 0. The van der Waals surface area contributed by atoms with Gasteiger partial charge in [0, 0.05) is 45.3 Å². The Balaban J connectivity index is 1.17. The second kappa shape index (κ2) is 20.0. The van der Waals surface area contributed by atoms with E-state index in [1.165, 1.54) is 50.1 Å². The van der Waals surface area contributed by atoms with Gasteiger partial charge in [0.25, 0.3) is 0 Å². The summed E-state index contributed by atoms with van der Waals surface area (Å²) in [4.78, 5) is 15.3. The van der Waals surface area contributed by atoms with Crippen molar-refractivity contribution in [2.45, 2.75) is 92.4 Å². The highest BCUT2D eigenvalue weighted by Gasteiger charge is 2.53. The molecule has 83 heavy (non-hydrogen) atoms. The molecule has 5 heteroatoms. The fourth-order valence-corrected chi connectivity index (χ4v) is 13.0. The third-order valence-corrected chi connectivity index (χ3v) is 17.1. The maximum Gasteiger partial charge on any atom is 0.145 e. The molecule has 2 heterocycles. The predicted octanol–water partition coefficient (Wildman–Crippen LogP) is 21.2. The van der Waals surface area contributed by atoms with Crippen LogP contribution in [-0.4, -0.2) is 11.7 Å². The molecule has 13 rings (SSSR count). The van der Waals surface area contributed by atoms with Gasteiger partial charge in [0.2, 0.25) is 0 Å². The van der Waals surface area contributed by atoms with Crippen LogP contribution in [0.25, 0.3) is 60.9 Å². The number of aryl methyl sites for hydroxylation is 3. The number of pyridine rings is 1. The standard InChI is InChI=1S/C78H70N4O/c1-48(2)43-63(52-29-25-49(3)26-30-52)74(79-12)82(57-39-35-55(36-40-57)77(9,10)11)69-46-68-71(73-72(69)62-21-15-18-24-70(62)83-73)61-42-41-58(45-67(61)78(68)65-22-16-13-19-59(65)60-20-14-17-23-66(60)78)81(56-37-33-54(34-38-56)76(6,7)8)75-64(44-51(5)47-80-75)53-31-27-50(4)28-32-53/h13-47H,12H2,1-11H3/b74-63-. The summed E-state index contributed by atoms with van der Waals surface area (Å²) in [6, 6.07) is 74.2. The number of anilines is 5. The van der Waals surface area contributed by atoms with Gasteiger partial charge < -0.3 is 4.42 Å². The summed E-state index contributed by atoms with van der Waals surface area (Å²) in [5, 5.41) is 2.02. The summed E-state index contributed by atoms with van der Waals surface area (Å²) in [6.07, 6.45) is 4.25. The highest BCUT2D eigenvalue weighted by molar-refractivity contribution is 6.19. The number of benzene rings is 9. The van der Waals surface area contributed by atoms with Gasteiger partial charge in [-0.25, -0.2) is 9.98 Å². The van der Waals surface area contributed by atoms with Crippen LogP contribution in [0.5, 0.6) is 0 Å². The first-order valence-electron chi connectivity index (χ1n) is 29.0. The molecule has 0 bridgehead atoms. The Hall–Kier alpha value is -9.32. The molecule has 11 aromatic rings. The van der Waals surface area contributed by atoms with Crippen LogP contribution in [-0.2, 0) is 16.2 Å². The van der Waals surface area contributed by atoms with E-state index < -0.39 is 5.41 Å². The number of hydrogen-bond acceptors (Lipinski definition) is 5. The Kier molecular flexibility index (Phi) is 12.8. The molecule has 0 fully saturated rings. The molecule has 0 unspecified atom stereocenters. The number of fused-ring (bicyclic) bond motifs is 14. The van der Waals surface area contributed by atoms with Gasteiger partial charge in [0.05, 0.1) is 16.5 Å². The molecule has 5 nitrogen and oxygen atoms in total. The fourth-order valence-electron chi connectivity index (χ4n) is 13.0. The van der Waals surface area contributed by atoms with Crippen molar-refractivity contribution in [3.63, 3.8) is 0 Å². The zero-order valence-corrected chi connectivity index (χ0v) is 49.6. The van der Waals surface area contributed by atoms with Gasteiger partial charge in [-0.2, -0.15) is 0 Å². The topological polar surface area (TPSA) is 44.9 Å². The average molecular weight is 1080 g/mol. The monoisotopic (exact) mass is 1080 g/mol. The lowest BCUT2D eigenvalue weighted by molar-refractivity contribution is 0.590. The number of rotatable bonds is 10. The Bertz CT molecular complexity index is 4390. The van der Waals surface area contributed by atoms with Crippen LogP contribution in [0, 0.1) is 20.8 Å². The number of aliphatic imine (C=N–C) groups is 1. The van der Waals surface area contributed by atoms with Gasteiger partial charge in [-0.15, -0.1) is 0 Å². The predicted molar refractivity (Wildman–Crippen MR) is 350 cm³/mol. The first-order chi connectivity index (χ1) is 39.9. The van der Waals surface area contributed by atoms with E-state index in [0.717, 1.165) is 101 Å². The average Bonchev–Trinajstić information content (AvgIpc) is 1.95. The third-order valence-electron chi connectivity index (χ3n) is 17.1. The van der Waals surface area contributed by atoms with Crippen LogP contribution in [0.15, 0.2) is 233 Å². The van der Waals surface area contributed by atoms with Gasteiger partial charge in [-0.1, -0.05) is 210 Å². The van der Waals surface area contributed by atoms with Crippen LogP contribution in [0.3, 0.4) is 0 Å². The van der Waals surface area contributed by atoms with Crippen molar-refractivity contribution in [3.05, 3.63) is 279 Å². The zero-order chi connectivity index (χ0) is 57.7. The van der Waals surface area contributed by atoms with Crippen molar-refractivity contribution in [3.8, 4) is 33.4 Å². The van der Waals surface area contributed by atoms with Crippen molar-refractivity contribution in [1.29, 1.82) is 0 Å². The lowest BCUT2D eigenvalue weighted by Gasteiger charge is -2.34. The minimum absolute atomic E-state index is 0.0357.